The Labute approximate surface area is 142 Å². The van der Waals surface area contributed by atoms with Crippen molar-refractivity contribution < 1.29 is 4.39 Å². The van der Waals surface area contributed by atoms with Crippen molar-refractivity contribution in [2.75, 3.05) is 31.1 Å². The van der Waals surface area contributed by atoms with Crippen LogP contribution in [0.1, 0.15) is 17.7 Å². The zero-order chi connectivity index (χ0) is 16.5. The van der Waals surface area contributed by atoms with Crippen molar-refractivity contribution in [3.05, 3.63) is 53.5 Å². The lowest BCUT2D eigenvalue weighted by atomic mass is 9.89. The molecule has 1 aromatic heterocycles. The number of piperidine rings is 1. The van der Waals surface area contributed by atoms with Crippen LogP contribution >= 0.6 is 0 Å². The molecule has 2 aliphatic heterocycles. The Morgan fingerprint density at radius 2 is 1.96 bits per heavy atom. The van der Waals surface area contributed by atoms with E-state index in [2.05, 4.69) is 26.1 Å². The number of nitrogens with zero attached hydrogens (tertiary/aromatic N) is 4. The van der Waals surface area contributed by atoms with Gasteiger partial charge in [-0.1, -0.05) is 12.1 Å². The van der Waals surface area contributed by atoms with Crippen molar-refractivity contribution in [1.29, 1.82) is 0 Å². The largest absolute Gasteiger partial charge is 0.355 e. The lowest BCUT2D eigenvalue weighted by Gasteiger charge is -2.34. The highest BCUT2D eigenvalue weighted by Crippen LogP contribution is 2.33. The first-order valence-corrected chi connectivity index (χ1v) is 8.69. The second-order valence-electron chi connectivity index (χ2n) is 7.11. The molecule has 0 amide bonds. The van der Waals surface area contributed by atoms with Crippen molar-refractivity contribution in [2.24, 2.45) is 11.8 Å². The molecule has 0 aliphatic carbocycles. The zero-order valence-corrected chi connectivity index (χ0v) is 14.0. The molecular formula is C19H23FN4. The normalized spacial score (nSPS) is 24.2. The topological polar surface area (TPSA) is 32.3 Å². The molecule has 2 saturated heterocycles. The lowest BCUT2D eigenvalue weighted by Crippen LogP contribution is -2.40. The molecule has 0 bridgehead atoms. The Kier molecular flexibility index (Phi) is 4.19. The van der Waals surface area contributed by atoms with Gasteiger partial charge in [0.15, 0.2) is 5.82 Å². The van der Waals surface area contributed by atoms with E-state index in [4.69, 9.17) is 0 Å². The summed E-state index contributed by atoms with van der Waals surface area (Å²) in [7, 11) is 0. The average Bonchev–Trinajstić information content (AvgIpc) is 2.97. The molecule has 0 spiro atoms. The summed E-state index contributed by atoms with van der Waals surface area (Å²) >= 11 is 0. The number of rotatable bonds is 3. The van der Waals surface area contributed by atoms with Crippen LogP contribution in [-0.4, -0.2) is 41.3 Å². The number of benzene rings is 1. The summed E-state index contributed by atoms with van der Waals surface area (Å²) in [5.41, 5.74) is 2.02. The number of anilines is 1. The van der Waals surface area contributed by atoms with Crippen LogP contribution in [0, 0.1) is 24.6 Å². The third kappa shape index (κ3) is 3.26. The van der Waals surface area contributed by atoms with Crippen LogP contribution < -0.4 is 4.90 Å². The predicted molar refractivity (Wildman–Crippen MR) is 92.3 cm³/mol. The number of aromatic nitrogens is 2. The van der Waals surface area contributed by atoms with Crippen molar-refractivity contribution >= 4 is 5.82 Å². The summed E-state index contributed by atoms with van der Waals surface area (Å²) in [5, 5.41) is 8.51. The van der Waals surface area contributed by atoms with E-state index < -0.39 is 0 Å². The molecule has 2 aliphatic rings. The number of hydrogen-bond acceptors (Lipinski definition) is 4. The van der Waals surface area contributed by atoms with E-state index >= 15 is 0 Å². The van der Waals surface area contributed by atoms with E-state index in [1.54, 1.807) is 12.1 Å². The number of aryl methyl sites for hydroxylation is 1. The fourth-order valence-electron chi connectivity index (χ4n) is 4.06. The van der Waals surface area contributed by atoms with Gasteiger partial charge in [-0.2, -0.15) is 5.10 Å². The molecule has 2 atom stereocenters. The standard InChI is InChI=1S/C19H23FN4/c1-14-5-6-19(22-21-14)24-8-7-16-11-23(12-17(16)13-24)10-15-3-2-4-18(20)9-15/h2-6,9,16-17H,7-8,10-13H2,1H3/t16-,17-/m1/s1. The molecule has 0 saturated carbocycles. The average molecular weight is 326 g/mol. The SMILES string of the molecule is Cc1ccc(N2CC[C@@H]3CN(Cc4cccc(F)c4)C[C@@H]3C2)nn1. The van der Waals surface area contributed by atoms with Crippen molar-refractivity contribution in [1.82, 2.24) is 15.1 Å². The maximum atomic E-state index is 13.4. The third-order valence-corrected chi connectivity index (χ3v) is 5.28. The molecule has 3 heterocycles. The Morgan fingerprint density at radius 3 is 2.75 bits per heavy atom. The van der Waals surface area contributed by atoms with Crippen LogP contribution in [0.3, 0.4) is 0 Å². The molecule has 0 radical (unpaired) electrons. The van der Waals surface area contributed by atoms with Gasteiger partial charge in [0.05, 0.1) is 5.69 Å². The number of halogens is 1. The molecule has 5 heteroatoms. The lowest BCUT2D eigenvalue weighted by molar-refractivity contribution is 0.313. The minimum atomic E-state index is -0.145. The summed E-state index contributed by atoms with van der Waals surface area (Å²) < 4.78 is 13.4. The Balaban J connectivity index is 1.39. The fraction of sp³-hybridized carbons (Fsp3) is 0.474. The maximum absolute atomic E-state index is 13.4. The van der Waals surface area contributed by atoms with Gasteiger partial charge in [0.2, 0.25) is 0 Å². The molecule has 126 valence electrons. The van der Waals surface area contributed by atoms with E-state index in [1.165, 1.54) is 12.5 Å². The molecular weight excluding hydrogens is 303 g/mol. The molecule has 2 fully saturated rings. The van der Waals surface area contributed by atoms with Gasteiger partial charge in [-0.25, -0.2) is 4.39 Å². The highest BCUT2D eigenvalue weighted by molar-refractivity contribution is 5.38. The first kappa shape index (κ1) is 15.5. The van der Waals surface area contributed by atoms with Crippen molar-refractivity contribution in [2.45, 2.75) is 19.9 Å². The van der Waals surface area contributed by atoms with Gasteiger partial charge in [-0.3, -0.25) is 4.90 Å². The van der Waals surface area contributed by atoms with E-state index in [0.717, 1.165) is 55.7 Å². The summed E-state index contributed by atoms with van der Waals surface area (Å²) in [6.45, 7) is 7.10. The maximum Gasteiger partial charge on any atom is 0.151 e. The fourth-order valence-corrected chi connectivity index (χ4v) is 4.06. The van der Waals surface area contributed by atoms with Crippen LogP contribution in [0.15, 0.2) is 36.4 Å². The first-order valence-electron chi connectivity index (χ1n) is 8.69. The Bertz CT molecular complexity index is 703. The smallest absolute Gasteiger partial charge is 0.151 e. The van der Waals surface area contributed by atoms with Gasteiger partial charge in [-0.15, -0.1) is 5.10 Å². The monoisotopic (exact) mass is 326 g/mol. The van der Waals surface area contributed by atoms with E-state index in [9.17, 15) is 4.39 Å². The molecule has 4 rings (SSSR count). The minimum Gasteiger partial charge on any atom is -0.355 e. The van der Waals surface area contributed by atoms with Gasteiger partial charge in [-0.05, 0) is 55.0 Å². The first-order chi connectivity index (χ1) is 11.7. The Morgan fingerprint density at radius 1 is 1.08 bits per heavy atom. The summed E-state index contributed by atoms with van der Waals surface area (Å²) in [5.74, 6) is 2.25. The van der Waals surface area contributed by atoms with E-state index in [0.29, 0.717) is 5.92 Å². The van der Waals surface area contributed by atoms with Gasteiger partial charge in [0.25, 0.3) is 0 Å². The molecule has 4 nitrogen and oxygen atoms in total. The molecule has 0 unspecified atom stereocenters. The van der Waals surface area contributed by atoms with Crippen LogP contribution in [0.25, 0.3) is 0 Å². The third-order valence-electron chi connectivity index (χ3n) is 5.28. The summed E-state index contributed by atoms with van der Waals surface area (Å²) in [6.07, 6.45) is 1.19. The zero-order valence-electron chi connectivity index (χ0n) is 14.0. The van der Waals surface area contributed by atoms with Gasteiger partial charge >= 0.3 is 0 Å². The van der Waals surface area contributed by atoms with Gasteiger partial charge < -0.3 is 4.90 Å². The number of hydrogen-bond donors (Lipinski definition) is 0. The van der Waals surface area contributed by atoms with Crippen molar-refractivity contribution in [3.8, 4) is 0 Å². The van der Waals surface area contributed by atoms with Crippen molar-refractivity contribution in [3.63, 3.8) is 0 Å². The molecule has 0 N–H and O–H groups in total. The van der Waals surface area contributed by atoms with Crippen LogP contribution in [0.4, 0.5) is 10.2 Å². The molecule has 1 aromatic carbocycles. The predicted octanol–water partition coefficient (Wildman–Crippen LogP) is 2.88. The highest BCUT2D eigenvalue weighted by atomic mass is 19.1. The Hall–Kier alpha value is -2.01. The van der Waals surface area contributed by atoms with Gasteiger partial charge in [0, 0.05) is 32.7 Å². The van der Waals surface area contributed by atoms with Crippen LogP contribution in [0.5, 0.6) is 0 Å². The van der Waals surface area contributed by atoms with Crippen LogP contribution in [-0.2, 0) is 6.54 Å². The highest BCUT2D eigenvalue weighted by Gasteiger charge is 2.37. The van der Waals surface area contributed by atoms with Crippen LogP contribution in [0.2, 0.25) is 0 Å². The quantitative estimate of drug-likeness (QED) is 0.868. The number of fused-ring (bicyclic) bond motifs is 1. The number of likely N-dealkylation sites (tertiary alicyclic amines) is 1. The second-order valence-corrected chi connectivity index (χ2v) is 7.11. The van der Waals surface area contributed by atoms with E-state index in [-0.39, 0.29) is 5.82 Å². The van der Waals surface area contributed by atoms with E-state index in [1.807, 2.05) is 19.1 Å². The molecule has 24 heavy (non-hydrogen) atoms. The molecule has 2 aromatic rings. The van der Waals surface area contributed by atoms with Gasteiger partial charge in [0.1, 0.15) is 5.82 Å². The summed E-state index contributed by atoms with van der Waals surface area (Å²) in [4.78, 5) is 4.83. The minimum absolute atomic E-state index is 0.145. The summed E-state index contributed by atoms with van der Waals surface area (Å²) in [6, 6.07) is 11.1. The second kappa shape index (κ2) is 6.48.